The molecule has 2 saturated heterocycles. The minimum absolute atomic E-state index is 0.00757. The lowest BCUT2D eigenvalue weighted by Gasteiger charge is -2.38. The molecular formula is C25H36N4O. The highest BCUT2D eigenvalue weighted by molar-refractivity contribution is 5.83. The summed E-state index contributed by atoms with van der Waals surface area (Å²) >= 11 is 0. The van der Waals surface area contributed by atoms with Crippen molar-refractivity contribution in [3.8, 4) is 0 Å². The number of hydrogen-bond acceptors (Lipinski definition) is 4. The zero-order valence-electron chi connectivity index (χ0n) is 18.4. The molecule has 2 fully saturated rings. The fourth-order valence-electron chi connectivity index (χ4n) is 5.24. The van der Waals surface area contributed by atoms with Crippen molar-refractivity contribution in [1.29, 1.82) is 0 Å². The molecule has 0 radical (unpaired) electrons. The van der Waals surface area contributed by atoms with Crippen LogP contribution in [-0.4, -0.2) is 67.1 Å². The SMILES string of the molecule is CCCN1CCC(N2C[C@H](NCc3ccc4ccccc4c3)C[C@H]2C(=O)NC)CC1. The lowest BCUT2D eigenvalue weighted by atomic mass is 10.0. The summed E-state index contributed by atoms with van der Waals surface area (Å²) in [7, 11) is 1.76. The number of rotatable bonds is 7. The quantitative estimate of drug-likeness (QED) is 0.739. The van der Waals surface area contributed by atoms with Crippen LogP contribution in [0.3, 0.4) is 0 Å². The van der Waals surface area contributed by atoms with Crippen LogP contribution in [-0.2, 0) is 11.3 Å². The van der Waals surface area contributed by atoms with Gasteiger partial charge >= 0.3 is 0 Å². The number of benzene rings is 2. The van der Waals surface area contributed by atoms with Crippen LogP contribution in [0.1, 0.15) is 38.2 Å². The number of carbonyl (C=O) groups is 1. The summed E-state index contributed by atoms with van der Waals surface area (Å²) in [6, 6.07) is 16.0. The summed E-state index contributed by atoms with van der Waals surface area (Å²) in [5, 5.41) is 9.20. The van der Waals surface area contributed by atoms with E-state index in [4.69, 9.17) is 0 Å². The van der Waals surface area contributed by atoms with Crippen molar-refractivity contribution in [3.05, 3.63) is 48.0 Å². The maximum Gasteiger partial charge on any atom is 0.237 e. The van der Waals surface area contributed by atoms with Gasteiger partial charge in [-0.3, -0.25) is 9.69 Å². The molecule has 0 aromatic heterocycles. The molecule has 0 saturated carbocycles. The van der Waals surface area contributed by atoms with Gasteiger partial charge in [0.2, 0.25) is 5.91 Å². The van der Waals surface area contributed by atoms with Gasteiger partial charge in [0.05, 0.1) is 6.04 Å². The molecule has 0 aliphatic carbocycles. The van der Waals surface area contributed by atoms with Crippen LogP contribution >= 0.6 is 0 Å². The Balaban J connectivity index is 1.37. The van der Waals surface area contributed by atoms with Crippen LogP contribution in [0.2, 0.25) is 0 Å². The summed E-state index contributed by atoms with van der Waals surface area (Å²) in [6.07, 6.45) is 4.45. The first-order chi connectivity index (χ1) is 14.7. The van der Waals surface area contributed by atoms with Gasteiger partial charge in [-0.25, -0.2) is 0 Å². The van der Waals surface area contributed by atoms with Gasteiger partial charge in [-0.2, -0.15) is 0 Å². The molecule has 0 spiro atoms. The average molecular weight is 409 g/mol. The van der Waals surface area contributed by atoms with Crippen molar-refractivity contribution in [2.24, 2.45) is 0 Å². The van der Waals surface area contributed by atoms with Gasteiger partial charge in [0.1, 0.15) is 0 Å². The van der Waals surface area contributed by atoms with Crippen molar-refractivity contribution in [2.75, 3.05) is 33.2 Å². The first-order valence-corrected chi connectivity index (χ1v) is 11.6. The number of nitrogens with zero attached hydrogens (tertiary/aromatic N) is 2. The second-order valence-electron chi connectivity index (χ2n) is 8.89. The molecule has 2 aromatic rings. The molecule has 0 unspecified atom stereocenters. The van der Waals surface area contributed by atoms with Gasteiger partial charge in [0.25, 0.3) is 0 Å². The summed E-state index contributed by atoms with van der Waals surface area (Å²) in [6.45, 7) is 7.57. The molecule has 2 aliphatic rings. The maximum absolute atomic E-state index is 12.6. The van der Waals surface area contributed by atoms with E-state index in [2.05, 4.69) is 69.8 Å². The van der Waals surface area contributed by atoms with Crippen molar-refractivity contribution in [1.82, 2.24) is 20.4 Å². The minimum atomic E-state index is -0.00757. The number of piperidine rings is 1. The zero-order valence-corrected chi connectivity index (χ0v) is 18.4. The van der Waals surface area contributed by atoms with E-state index in [1.54, 1.807) is 7.05 Å². The number of amides is 1. The largest absolute Gasteiger partial charge is 0.358 e. The Kier molecular flexibility index (Phi) is 7.03. The summed E-state index contributed by atoms with van der Waals surface area (Å²) in [5.74, 6) is 0.168. The molecule has 0 bridgehead atoms. The van der Waals surface area contributed by atoms with Gasteiger partial charge in [0.15, 0.2) is 0 Å². The highest BCUT2D eigenvalue weighted by Gasteiger charge is 2.40. The third-order valence-electron chi connectivity index (χ3n) is 6.86. The Bertz CT molecular complexity index is 846. The number of carbonyl (C=O) groups excluding carboxylic acids is 1. The average Bonchev–Trinajstić information content (AvgIpc) is 3.22. The normalized spacial score (nSPS) is 23.8. The molecule has 162 valence electrons. The number of nitrogens with one attached hydrogen (secondary N) is 2. The second kappa shape index (κ2) is 9.90. The van der Waals surface area contributed by atoms with E-state index in [0.29, 0.717) is 12.1 Å². The van der Waals surface area contributed by atoms with E-state index >= 15 is 0 Å². The number of hydrogen-bond donors (Lipinski definition) is 2. The molecule has 4 rings (SSSR count). The highest BCUT2D eigenvalue weighted by atomic mass is 16.2. The molecule has 2 heterocycles. The number of likely N-dealkylation sites (tertiary alicyclic amines) is 2. The van der Waals surface area contributed by atoms with Crippen LogP contribution in [0, 0.1) is 0 Å². The Labute approximate surface area is 180 Å². The van der Waals surface area contributed by atoms with E-state index in [-0.39, 0.29) is 11.9 Å². The number of likely N-dealkylation sites (N-methyl/N-ethyl adjacent to an activating group) is 1. The van der Waals surface area contributed by atoms with Crippen LogP contribution in [0.4, 0.5) is 0 Å². The van der Waals surface area contributed by atoms with Crippen molar-refractivity contribution >= 4 is 16.7 Å². The smallest absolute Gasteiger partial charge is 0.237 e. The van der Waals surface area contributed by atoms with E-state index in [1.807, 2.05) is 0 Å². The lowest BCUT2D eigenvalue weighted by Crippen LogP contribution is -2.51. The molecular weight excluding hydrogens is 372 g/mol. The Morgan fingerprint density at radius 2 is 1.87 bits per heavy atom. The Hall–Kier alpha value is -1.95. The predicted octanol–water partition coefficient (Wildman–Crippen LogP) is 2.99. The van der Waals surface area contributed by atoms with Crippen LogP contribution in [0.25, 0.3) is 10.8 Å². The van der Waals surface area contributed by atoms with Crippen LogP contribution < -0.4 is 10.6 Å². The van der Waals surface area contributed by atoms with Gasteiger partial charge in [-0.1, -0.05) is 43.3 Å². The van der Waals surface area contributed by atoms with E-state index < -0.39 is 0 Å². The van der Waals surface area contributed by atoms with Gasteiger partial charge in [-0.15, -0.1) is 0 Å². The fourth-order valence-corrected chi connectivity index (χ4v) is 5.24. The standard InChI is InChI=1S/C25H36N4O/c1-3-12-28-13-10-23(11-14-28)29-18-22(16-24(29)25(30)26-2)27-17-19-8-9-20-6-4-5-7-21(20)15-19/h4-9,15,22-24,27H,3,10-14,16-18H2,1-2H3,(H,26,30)/t22-,24+/m1/s1. The minimum Gasteiger partial charge on any atom is -0.358 e. The van der Waals surface area contributed by atoms with Crippen LogP contribution in [0.5, 0.6) is 0 Å². The zero-order chi connectivity index (χ0) is 20.9. The van der Waals surface area contributed by atoms with Crippen molar-refractivity contribution < 1.29 is 4.79 Å². The molecule has 5 heteroatoms. The van der Waals surface area contributed by atoms with Gasteiger partial charge in [-0.05, 0) is 67.7 Å². The van der Waals surface area contributed by atoms with Crippen LogP contribution in [0.15, 0.2) is 42.5 Å². The molecule has 2 N–H and O–H groups in total. The van der Waals surface area contributed by atoms with E-state index in [0.717, 1.165) is 32.6 Å². The molecule has 1 amide bonds. The lowest BCUT2D eigenvalue weighted by molar-refractivity contribution is -0.126. The molecule has 2 aromatic carbocycles. The third-order valence-corrected chi connectivity index (χ3v) is 6.86. The Morgan fingerprint density at radius 3 is 2.60 bits per heavy atom. The van der Waals surface area contributed by atoms with Gasteiger partial charge < -0.3 is 15.5 Å². The molecule has 2 atom stereocenters. The fraction of sp³-hybridized carbons (Fsp3) is 0.560. The summed E-state index contributed by atoms with van der Waals surface area (Å²) in [4.78, 5) is 17.7. The molecule has 2 aliphatic heterocycles. The van der Waals surface area contributed by atoms with Crippen molar-refractivity contribution in [2.45, 2.75) is 57.3 Å². The summed E-state index contributed by atoms with van der Waals surface area (Å²) < 4.78 is 0. The molecule has 5 nitrogen and oxygen atoms in total. The summed E-state index contributed by atoms with van der Waals surface area (Å²) in [5.41, 5.74) is 1.30. The topological polar surface area (TPSA) is 47.6 Å². The first kappa shape index (κ1) is 21.3. The molecule has 30 heavy (non-hydrogen) atoms. The van der Waals surface area contributed by atoms with E-state index in [1.165, 1.54) is 42.1 Å². The van der Waals surface area contributed by atoms with E-state index in [9.17, 15) is 4.79 Å². The maximum atomic E-state index is 12.6. The highest BCUT2D eigenvalue weighted by Crippen LogP contribution is 2.27. The Morgan fingerprint density at radius 1 is 1.10 bits per heavy atom. The van der Waals surface area contributed by atoms with Gasteiger partial charge in [0, 0.05) is 32.2 Å². The first-order valence-electron chi connectivity index (χ1n) is 11.6. The monoisotopic (exact) mass is 408 g/mol. The van der Waals surface area contributed by atoms with Crippen molar-refractivity contribution in [3.63, 3.8) is 0 Å². The second-order valence-corrected chi connectivity index (χ2v) is 8.89. The predicted molar refractivity (Wildman–Crippen MR) is 124 cm³/mol. The number of fused-ring (bicyclic) bond motifs is 1. The third kappa shape index (κ3) is 4.85.